The van der Waals surface area contributed by atoms with Gasteiger partial charge in [-0.05, 0) is 24.1 Å². The molecule has 0 aliphatic heterocycles. The third-order valence-corrected chi connectivity index (χ3v) is 5.94. The van der Waals surface area contributed by atoms with Crippen molar-refractivity contribution >= 4 is 58.1 Å². The van der Waals surface area contributed by atoms with Gasteiger partial charge >= 0.3 is 5.97 Å². The molecule has 0 radical (unpaired) electrons. The summed E-state index contributed by atoms with van der Waals surface area (Å²) in [7, 11) is 2.66. The average molecular weight is 493 g/mol. The van der Waals surface area contributed by atoms with Gasteiger partial charge in [-0.1, -0.05) is 52.6 Å². The second-order valence-electron chi connectivity index (χ2n) is 6.53. The average Bonchev–Trinajstić information content (AvgIpc) is 3.34. The number of halogens is 4. The standard InChI is InChI=1S/C20H17Cl4NO5/c1-28-19(12-6-4-3-5-11(12)16(18(26)27)25-29-2)30-17-14(21)7-10(8-15(17)22)13-9-20(13,23)24/h3-8,13,19H,9H2,1-2H3,(H,26,27)/b25-16+. The summed E-state index contributed by atoms with van der Waals surface area (Å²) < 4.78 is 10.6. The maximum atomic E-state index is 11.6. The van der Waals surface area contributed by atoms with Crippen LogP contribution in [0.15, 0.2) is 41.6 Å². The maximum Gasteiger partial charge on any atom is 0.358 e. The Morgan fingerprint density at radius 2 is 1.80 bits per heavy atom. The fraction of sp³-hybridized carbons (Fsp3) is 0.300. The molecule has 0 bridgehead atoms. The van der Waals surface area contributed by atoms with Gasteiger partial charge in [0, 0.05) is 24.2 Å². The molecule has 0 heterocycles. The molecule has 6 nitrogen and oxygen atoms in total. The van der Waals surface area contributed by atoms with Crippen LogP contribution in [-0.2, 0) is 14.4 Å². The molecular weight excluding hydrogens is 476 g/mol. The lowest BCUT2D eigenvalue weighted by Crippen LogP contribution is -2.20. The van der Waals surface area contributed by atoms with Gasteiger partial charge in [-0.2, -0.15) is 0 Å². The summed E-state index contributed by atoms with van der Waals surface area (Å²) in [6, 6.07) is 9.96. The minimum Gasteiger partial charge on any atom is -0.476 e. The Morgan fingerprint density at radius 1 is 1.20 bits per heavy atom. The maximum absolute atomic E-state index is 11.6. The molecule has 30 heavy (non-hydrogen) atoms. The van der Waals surface area contributed by atoms with Crippen LogP contribution < -0.4 is 4.74 Å². The van der Waals surface area contributed by atoms with Gasteiger partial charge in [-0.3, -0.25) is 0 Å². The number of hydrogen-bond donors (Lipinski definition) is 1. The summed E-state index contributed by atoms with van der Waals surface area (Å²) in [5, 5.41) is 13.6. The molecule has 0 spiro atoms. The van der Waals surface area contributed by atoms with E-state index in [1.807, 2.05) is 0 Å². The lowest BCUT2D eigenvalue weighted by Gasteiger charge is -2.22. The summed E-state index contributed by atoms with van der Waals surface area (Å²) in [5.74, 6) is -1.15. The second kappa shape index (κ2) is 9.20. The van der Waals surface area contributed by atoms with Crippen molar-refractivity contribution in [1.29, 1.82) is 0 Å². The number of aliphatic carboxylic acids is 1. The zero-order valence-electron chi connectivity index (χ0n) is 15.9. The SMILES string of the molecule is CO/N=C(/C(=O)O)c1ccccc1C(OC)Oc1c(Cl)cc(C2CC2(Cl)Cl)cc1Cl. The van der Waals surface area contributed by atoms with E-state index in [-0.39, 0.29) is 33.0 Å². The molecule has 0 aromatic heterocycles. The van der Waals surface area contributed by atoms with Crippen molar-refractivity contribution < 1.29 is 24.2 Å². The van der Waals surface area contributed by atoms with Crippen LogP contribution in [-0.4, -0.2) is 35.3 Å². The van der Waals surface area contributed by atoms with Crippen LogP contribution in [0.3, 0.4) is 0 Å². The van der Waals surface area contributed by atoms with E-state index in [1.165, 1.54) is 14.2 Å². The number of carbonyl (C=O) groups is 1. The predicted molar refractivity (Wildman–Crippen MR) is 116 cm³/mol. The van der Waals surface area contributed by atoms with Crippen molar-refractivity contribution in [2.75, 3.05) is 14.2 Å². The molecule has 2 atom stereocenters. The van der Waals surface area contributed by atoms with E-state index in [0.29, 0.717) is 12.0 Å². The third-order valence-electron chi connectivity index (χ3n) is 4.54. The van der Waals surface area contributed by atoms with E-state index in [0.717, 1.165) is 5.56 Å². The van der Waals surface area contributed by atoms with Crippen molar-refractivity contribution in [1.82, 2.24) is 0 Å². The lowest BCUT2D eigenvalue weighted by atomic mass is 10.0. The molecule has 1 saturated carbocycles. The Hall–Kier alpha value is -1.70. The van der Waals surface area contributed by atoms with Crippen LogP contribution in [0.2, 0.25) is 10.0 Å². The summed E-state index contributed by atoms with van der Waals surface area (Å²) in [5.41, 5.74) is 1.16. The second-order valence-corrected chi connectivity index (χ2v) is 8.89. The van der Waals surface area contributed by atoms with E-state index >= 15 is 0 Å². The van der Waals surface area contributed by atoms with Gasteiger partial charge in [-0.25, -0.2) is 4.79 Å². The van der Waals surface area contributed by atoms with Gasteiger partial charge in [-0.15, -0.1) is 23.2 Å². The Kier molecular flexibility index (Phi) is 7.05. The third kappa shape index (κ3) is 4.79. The fourth-order valence-electron chi connectivity index (χ4n) is 3.03. The van der Waals surface area contributed by atoms with Gasteiger partial charge in [0.15, 0.2) is 11.5 Å². The summed E-state index contributed by atoms with van der Waals surface area (Å²) >= 11 is 25.1. The van der Waals surface area contributed by atoms with E-state index in [9.17, 15) is 9.90 Å². The smallest absolute Gasteiger partial charge is 0.358 e. The molecule has 2 aromatic rings. The monoisotopic (exact) mass is 491 g/mol. The molecule has 160 valence electrons. The van der Waals surface area contributed by atoms with Crippen LogP contribution in [0.5, 0.6) is 5.75 Å². The first-order chi connectivity index (χ1) is 14.2. The normalized spacial score (nSPS) is 18.6. The Morgan fingerprint density at radius 3 is 2.30 bits per heavy atom. The van der Waals surface area contributed by atoms with E-state index in [2.05, 4.69) is 9.99 Å². The molecule has 0 amide bonds. The summed E-state index contributed by atoms with van der Waals surface area (Å²) in [6.45, 7) is 0. The van der Waals surface area contributed by atoms with E-state index in [1.54, 1.807) is 36.4 Å². The number of rotatable bonds is 8. The highest BCUT2D eigenvalue weighted by molar-refractivity contribution is 6.51. The molecule has 2 aromatic carbocycles. The highest BCUT2D eigenvalue weighted by Crippen LogP contribution is 2.60. The molecule has 2 unspecified atom stereocenters. The quantitative estimate of drug-likeness (QED) is 0.217. The number of hydrogen-bond acceptors (Lipinski definition) is 5. The Labute approximate surface area is 193 Å². The molecule has 3 rings (SSSR count). The molecule has 1 N–H and O–H groups in total. The number of carboxylic acid groups (broad SMARTS) is 1. The van der Waals surface area contributed by atoms with Crippen LogP contribution in [0.25, 0.3) is 0 Å². The number of alkyl halides is 2. The molecule has 1 aliphatic carbocycles. The van der Waals surface area contributed by atoms with Gasteiger partial charge in [0.2, 0.25) is 6.29 Å². The number of methoxy groups -OCH3 is 1. The predicted octanol–water partition coefficient (Wildman–Crippen LogP) is 5.81. The van der Waals surface area contributed by atoms with Gasteiger partial charge < -0.3 is 19.4 Å². The van der Waals surface area contributed by atoms with E-state index in [4.69, 9.17) is 55.9 Å². The van der Waals surface area contributed by atoms with Crippen molar-refractivity contribution in [3.8, 4) is 5.75 Å². The van der Waals surface area contributed by atoms with Gasteiger partial charge in [0.1, 0.15) is 11.4 Å². The van der Waals surface area contributed by atoms with Gasteiger partial charge in [0.25, 0.3) is 0 Å². The summed E-state index contributed by atoms with van der Waals surface area (Å²) in [4.78, 5) is 16.3. The Bertz CT molecular complexity index is 972. The molecule has 10 heteroatoms. The number of ether oxygens (including phenoxy) is 2. The molecule has 1 aliphatic rings. The largest absolute Gasteiger partial charge is 0.476 e. The number of benzene rings is 2. The highest BCUT2D eigenvalue weighted by Gasteiger charge is 2.52. The zero-order chi connectivity index (χ0) is 22.1. The number of nitrogens with zero attached hydrogens (tertiary/aromatic N) is 1. The minimum absolute atomic E-state index is 0.0628. The number of oxime groups is 1. The van der Waals surface area contributed by atoms with Crippen molar-refractivity contribution in [3.05, 3.63) is 63.1 Å². The van der Waals surface area contributed by atoms with Crippen LogP contribution in [0, 0.1) is 0 Å². The summed E-state index contributed by atoms with van der Waals surface area (Å²) in [6.07, 6.45) is -0.419. The Balaban J connectivity index is 1.96. The fourth-order valence-corrected chi connectivity index (χ4v) is 4.18. The van der Waals surface area contributed by atoms with E-state index < -0.39 is 16.6 Å². The lowest BCUT2D eigenvalue weighted by molar-refractivity contribution is -0.129. The van der Waals surface area contributed by atoms with Crippen molar-refractivity contribution in [2.45, 2.75) is 23.0 Å². The topological polar surface area (TPSA) is 77.4 Å². The van der Waals surface area contributed by atoms with Crippen molar-refractivity contribution in [3.63, 3.8) is 0 Å². The zero-order valence-corrected chi connectivity index (χ0v) is 18.9. The van der Waals surface area contributed by atoms with Crippen LogP contribution in [0.1, 0.15) is 35.3 Å². The van der Waals surface area contributed by atoms with Crippen LogP contribution >= 0.6 is 46.4 Å². The first kappa shape index (κ1) is 23.0. The van der Waals surface area contributed by atoms with Crippen LogP contribution in [0.4, 0.5) is 0 Å². The van der Waals surface area contributed by atoms with Crippen molar-refractivity contribution in [2.24, 2.45) is 5.16 Å². The van der Waals surface area contributed by atoms with Gasteiger partial charge in [0.05, 0.1) is 10.0 Å². The molecule has 0 saturated heterocycles. The number of carboxylic acids is 1. The first-order valence-electron chi connectivity index (χ1n) is 8.69. The molecular formula is C20H17Cl4NO5. The highest BCUT2D eigenvalue weighted by atomic mass is 35.5. The first-order valence-corrected chi connectivity index (χ1v) is 10.2. The molecule has 1 fully saturated rings. The minimum atomic E-state index is -1.27.